The van der Waals surface area contributed by atoms with Crippen LogP contribution in [0.5, 0.6) is 0 Å². The van der Waals surface area contributed by atoms with Crippen molar-refractivity contribution in [1.29, 1.82) is 0 Å². The van der Waals surface area contributed by atoms with Gasteiger partial charge in [0.1, 0.15) is 5.69 Å². The molecule has 0 aliphatic heterocycles. The van der Waals surface area contributed by atoms with Crippen molar-refractivity contribution >= 4 is 11.7 Å². The number of anilines is 1. The molecule has 0 saturated carbocycles. The second kappa shape index (κ2) is 6.63. The van der Waals surface area contributed by atoms with Gasteiger partial charge in [-0.1, -0.05) is 30.3 Å². The third-order valence-corrected chi connectivity index (χ3v) is 2.89. The maximum absolute atomic E-state index is 12.4. The van der Waals surface area contributed by atoms with Gasteiger partial charge in [-0.3, -0.25) is 9.78 Å². The summed E-state index contributed by atoms with van der Waals surface area (Å²) in [6.45, 7) is 3.06. The SMILES string of the molecule is CCN(Cc1ccccc1)C(=O)c1cncc(NN)n1. The number of benzene rings is 1. The van der Waals surface area contributed by atoms with Gasteiger partial charge in [-0.2, -0.15) is 0 Å². The molecule has 0 aliphatic carbocycles. The number of hydrazine groups is 1. The smallest absolute Gasteiger partial charge is 0.274 e. The molecule has 1 amide bonds. The normalized spacial score (nSPS) is 10.1. The molecule has 0 aliphatic rings. The molecule has 1 heterocycles. The molecule has 6 heteroatoms. The van der Waals surface area contributed by atoms with E-state index in [1.807, 2.05) is 37.3 Å². The number of nitrogens with two attached hydrogens (primary N) is 1. The molecule has 20 heavy (non-hydrogen) atoms. The van der Waals surface area contributed by atoms with Crippen LogP contribution in [0, 0.1) is 0 Å². The predicted octanol–water partition coefficient (Wildman–Crippen LogP) is 1.42. The second-order valence-electron chi connectivity index (χ2n) is 4.24. The summed E-state index contributed by atoms with van der Waals surface area (Å²) < 4.78 is 0. The Morgan fingerprint density at radius 3 is 2.70 bits per heavy atom. The van der Waals surface area contributed by atoms with Gasteiger partial charge in [0.2, 0.25) is 0 Å². The Bertz CT molecular complexity index is 573. The number of nitrogen functional groups attached to an aromatic ring is 1. The van der Waals surface area contributed by atoms with E-state index in [2.05, 4.69) is 15.4 Å². The van der Waals surface area contributed by atoms with Gasteiger partial charge in [-0.15, -0.1) is 0 Å². The Hall–Kier alpha value is -2.47. The fraction of sp³-hybridized carbons (Fsp3) is 0.214. The Balaban J connectivity index is 2.16. The van der Waals surface area contributed by atoms with Gasteiger partial charge in [0.15, 0.2) is 5.82 Å². The Morgan fingerprint density at radius 2 is 2.05 bits per heavy atom. The molecule has 1 aromatic heterocycles. The summed E-state index contributed by atoms with van der Waals surface area (Å²) in [5, 5.41) is 0. The van der Waals surface area contributed by atoms with Crippen molar-refractivity contribution in [2.24, 2.45) is 5.84 Å². The third-order valence-electron chi connectivity index (χ3n) is 2.89. The topological polar surface area (TPSA) is 84.1 Å². The summed E-state index contributed by atoms with van der Waals surface area (Å²) in [6.07, 6.45) is 2.90. The highest BCUT2D eigenvalue weighted by molar-refractivity contribution is 5.92. The molecule has 0 unspecified atom stereocenters. The molecule has 0 saturated heterocycles. The van der Waals surface area contributed by atoms with E-state index in [9.17, 15) is 4.79 Å². The van der Waals surface area contributed by atoms with Crippen molar-refractivity contribution in [2.45, 2.75) is 13.5 Å². The molecule has 1 aromatic carbocycles. The molecule has 0 bridgehead atoms. The first-order valence-corrected chi connectivity index (χ1v) is 6.36. The molecule has 104 valence electrons. The molecule has 2 aromatic rings. The van der Waals surface area contributed by atoms with E-state index in [-0.39, 0.29) is 11.6 Å². The summed E-state index contributed by atoms with van der Waals surface area (Å²) in [4.78, 5) is 22.2. The summed E-state index contributed by atoms with van der Waals surface area (Å²) in [7, 11) is 0. The van der Waals surface area contributed by atoms with Gasteiger partial charge in [0, 0.05) is 13.1 Å². The Kier molecular flexibility index (Phi) is 4.62. The van der Waals surface area contributed by atoms with E-state index >= 15 is 0 Å². The number of carbonyl (C=O) groups excluding carboxylic acids is 1. The molecule has 0 fully saturated rings. The number of nitrogens with one attached hydrogen (secondary N) is 1. The average Bonchev–Trinajstić information content (AvgIpc) is 2.53. The van der Waals surface area contributed by atoms with Crippen LogP contribution in [0.25, 0.3) is 0 Å². The highest BCUT2D eigenvalue weighted by Crippen LogP contribution is 2.09. The highest BCUT2D eigenvalue weighted by atomic mass is 16.2. The van der Waals surface area contributed by atoms with Crippen LogP contribution >= 0.6 is 0 Å². The fourth-order valence-corrected chi connectivity index (χ4v) is 1.83. The van der Waals surface area contributed by atoms with Crippen LogP contribution in [0.1, 0.15) is 23.0 Å². The minimum atomic E-state index is -0.166. The zero-order valence-electron chi connectivity index (χ0n) is 11.3. The minimum Gasteiger partial charge on any atom is -0.333 e. The molecular weight excluding hydrogens is 254 g/mol. The molecule has 6 nitrogen and oxygen atoms in total. The third kappa shape index (κ3) is 3.30. The molecule has 0 spiro atoms. The van der Waals surface area contributed by atoms with Crippen LogP contribution in [0.3, 0.4) is 0 Å². The number of hydrogen-bond donors (Lipinski definition) is 2. The van der Waals surface area contributed by atoms with E-state index < -0.39 is 0 Å². The van der Waals surface area contributed by atoms with Crippen LogP contribution in [-0.4, -0.2) is 27.3 Å². The van der Waals surface area contributed by atoms with Gasteiger partial charge in [0.05, 0.1) is 12.4 Å². The lowest BCUT2D eigenvalue weighted by Gasteiger charge is -2.20. The summed E-state index contributed by atoms with van der Waals surface area (Å²) >= 11 is 0. The predicted molar refractivity (Wildman–Crippen MR) is 76.7 cm³/mol. The lowest BCUT2D eigenvalue weighted by atomic mass is 10.2. The molecular formula is C14H17N5O. The van der Waals surface area contributed by atoms with Crippen molar-refractivity contribution in [3.8, 4) is 0 Å². The van der Waals surface area contributed by atoms with Gasteiger partial charge >= 0.3 is 0 Å². The van der Waals surface area contributed by atoms with Crippen LogP contribution in [-0.2, 0) is 6.54 Å². The van der Waals surface area contributed by atoms with E-state index in [1.54, 1.807) is 4.90 Å². The average molecular weight is 271 g/mol. The van der Waals surface area contributed by atoms with Crippen molar-refractivity contribution in [2.75, 3.05) is 12.0 Å². The Morgan fingerprint density at radius 1 is 1.30 bits per heavy atom. The standard InChI is InChI=1S/C14H17N5O/c1-2-19(10-11-6-4-3-5-7-11)14(20)12-8-16-9-13(17-12)18-15/h3-9H,2,10,15H2,1H3,(H,17,18). The maximum Gasteiger partial charge on any atom is 0.274 e. The summed E-state index contributed by atoms with van der Waals surface area (Å²) in [5.74, 6) is 5.48. The highest BCUT2D eigenvalue weighted by Gasteiger charge is 2.16. The zero-order chi connectivity index (χ0) is 14.4. The quantitative estimate of drug-likeness (QED) is 0.634. The van der Waals surface area contributed by atoms with Crippen LogP contribution < -0.4 is 11.3 Å². The number of hydrogen-bond acceptors (Lipinski definition) is 5. The van der Waals surface area contributed by atoms with E-state index in [0.29, 0.717) is 18.9 Å². The fourth-order valence-electron chi connectivity index (χ4n) is 1.83. The van der Waals surface area contributed by atoms with Crippen LogP contribution in [0.2, 0.25) is 0 Å². The number of aromatic nitrogens is 2. The monoisotopic (exact) mass is 271 g/mol. The summed E-state index contributed by atoms with van der Waals surface area (Å²) in [6, 6.07) is 9.82. The van der Waals surface area contributed by atoms with Crippen molar-refractivity contribution in [1.82, 2.24) is 14.9 Å². The maximum atomic E-state index is 12.4. The van der Waals surface area contributed by atoms with Crippen molar-refractivity contribution < 1.29 is 4.79 Å². The van der Waals surface area contributed by atoms with Gasteiger partial charge in [-0.25, -0.2) is 10.8 Å². The summed E-state index contributed by atoms with van der Waals surface area (Å²) in [5.41, 5.74) is 3.73. The second-order valence-corrected chi connectivity index (χ2v) is 4.24. The van der Waals surface area contributed by atoms with Crippen LogP contribution in [0.4, 0.5) is 5.82 Å². The first-order valence-electron chi connectivity index (χ1n) is 6.36. The molecule has 0 radical (unpaired) electrons. The lowest BCUT2D eigenvalue weighted by molar-refractivity contribution is 0.0746. The number of carbonyl (C=O) groups is 1. The molecule has 3 N–H and O–H groups in total. The number of rotatable bonds is 5. The lowest BCUT2D eigenvalue weighted by Crippen LogP contribution is -2.31. The van der Waals surface area contributed by atoms with E-state index in [4.69, 9.17) is 5.84 Å². The minimum absolute atomic E-state index is 0.166. The first-order chi connectivity index (χ1) is 9.74. The van der Waals surface area contributed by atoms with Crippen molar-refractivity contribution in [3.63, 3.8) is 0 Å². The largest absolute Gasteiger partial charge is 0.333 e. The van der Waals surface area contributed by atoms with E-state index in [1.165, 1.54) is 12.4 Å². The number of amides is 1. The van der Waals surface area contributed by atoms with Gasteiger partial charge < -0.3 is 10.3 Å². The van der Waals surface area contributed by atoms with Gasteiger partial charge in [0.25, 0.3) is 5.91 Å². The Labute approximate surface area is 117 Å². The molecule has 0 atom stereocenters. The number of nitrogens with zero attached hydrogens (tertiary/aromatic N) is 3. The van der Waals surface area contributed by atoms with Gasteiger partial charge in [-0.05, 0) is 12.5 Å². The van der Waals surface area contributed by atoms with Crippen LogP contribution in [0.15, 0.2) is 42.7 Å². The zero-order valence-corrected chi connectivity index (χ0v) is 11.3. The van der Waals surface area contributed by atoms with E-state index in [0.717, 1.165) is 5.56 Å². The first kappa shape index (κ1) is 14.0. The van der Waals surface area contributed by atoms with Crippen molar-refractivity contribution in [3.05, 3.63) is 54.0 Å². The molecule has 2 rings (SSSR count).